The van der Waals surface area contributed by atoms with E-state index in [0.29, 0.717) is 0 Å². The Kier molecular flexibility index (Phi) is 5.00. The lowest BCUT2D eigenvalue weighted by atomic mass is 9.92. The summed E-state index contributed by atoms with van der Waals surface area (Å²) in [5.41, 5.74) is 12.9. The summed E-state index contributed by atoms with van der Waals surface area (Å²) in [6.07, 6.45) is 0. The molecule has 0 heterocycles. The van der Waals surface area contributed by atoms with Gasteiger partial charge < -0.3 is 0 Å². The summed E-state index contributed by atoms with van der Waals surface area (Å²) in [5.74, 6) is 0. The van der Waals surface area contributed by atoms with Gasteiger partial charge >= 0.3 is 0 Å². The molecule has 0 aliphatic heterocycles. The van der Waals surface area contributed by atoms with E-state index in [1.54, 1.807) is 0 Å². The summed E-state index contributed by atoms with van der Waals surface area (Å²) in [6.45, 7) is 0. The second-order valence-electron chi connectivity index (χ2n) is 11.4. The van der Waals surface area contributed by atoms with Crippen molar-refractivity contribution in [2.24, 2.45) is 0 Å². The first-order valence-electron chi connectivity index (χ1n) is 14.6. The van der Waals surface area contributed by atoms with Crippen LogP contribution in [-0.4, -0.2) is 0 Å². The lowest BCUT2D eigenvalue weighted by Gasteiger charge is -2.12. The van der Waals surface area contributed by atoms with Gasteiger partial charge in [0.25, 0.3) is 0 Å². The number of hydrogen-bond acceptors (Lipinski definition) is 0. The van der Waals surface area contributed by atoms with Crippen molar-refractivity contribution in [1.29, 1.82) is 0 Å². The molecule has 194 valence electrons. The standard InChI is InChI=1S/C42H26/c1-2-7-31-24-32(19-16-27(31)6-1)28-12-14-29(15-13-28)33-20-17-30-18-21-34(26-35(30)25-33)36-22-23-41-38-9-4-3-8-37(38)40-11-5-10-39(36)42(40)41/h1-26H. The van der Waals surface area contributed by atoms with Crippen molar-refractivity contribution < 1.29 is 0 Å². The molecule has 0 radical (unpaired) electrons. The molecule has 0 fully saturated rings. The number of benzene rings is 8. The first-order valence-corrected chi connectivity index (χ1v) is 14.6. The monoisotopic (exact) mass is 530 g/mol. The smallest absolute Gasteiger partial charge is 0.00201 e. The molecule has 0 aromatic heterocycles. The van der Waals surface area contributed by atoms with Crippen LogP contribution in [0.5, 0.6) is 0 Å². The summed E-state index contributed by atoms with van der Waals surface area (Å²) < 4.78 is 0. The molecule has 1 aliphatic rings. The zero-order chi connectivity index (χ0) is 27.6. The Balaban J connectivity index is 1.10. The van der Waals surface area contributed by atoms with Gasteiger partial charge in [-0.3, -0.25) is 0 Å². The van der Waals surface area contributed by atoms with E-state index in [2.05, 4.69) is 158 Å². The van der Waals surface area contributed by atoms with E-state index >= 15 is 0 Å². The Labute approximate surface area is 245 Å². The first-order chi connectivity index (χ1) is 20.8. The summed E-state index contributed by atoms with van der Waals surface area (Å²) in [5, 5.41) is 7.76. The van der Waals surface area contributed by atoms with Gasteiger partial charge in [0.1, 0.15) is 0 Å². The minimum Gasteiger partial charge on any atom is -0.0616 e. The number of fused-ring (bicyclic) bond motifs is 5. The summed E-state index contributed by atoms with van der Waals surface area (Å²) in [4.78, 5) is 0. The molecule has 8 aromatic rings. The second kappa shape index (κ2) is 9.03. The highest BCUT2D eigenvalue weighted by Gasteiger charge is 2.22. The van der Waals surface area contributed by atoms with Crippen molar-refractivity contribution in [2.75, 3.05) is 0 Å². The molecule has 42 heavy (non-hydrogen) atoms. The van der Waals surface area contributed by atoms with Gasteiger partial charge in [0.15, 0.2) is 0 Å². The molecule has 0 spiro atoms. The second-order valence-corrected chi connectivity index (χ2v) is 11.4. The van der Waals surface area contributed by atoms with Gasteiger partial charge in [-0.25, -0.2) is 0 Å². The molecule has 1 aliphatic carbocycles. The van der Waals surface area contributed by atoms with E-state index in [1.807, 2.05) is 0 Å². The van der Waals surface area contributed by atoms with Crippen LogP contribution in [0.15, 0.2) is 158 Å². The molecule has 0 saturated heterocycles. The average Bonchev–Trinajstić information content (AvgIpc) is 3.39. The molecule has 0 nitrogen and oxygen atoms in total. The van der Waals surface area contributed by atoms with E-state index in [0.717, 1.165) is 0 Å². The zero-order valence-corrected chi connectivity index (χ0v) is 23.0. The molecular weight excluding hydrogens is 504 g/mol. The van der Waals surface area contributed by atoms with Gasteiger partial charge in [-0.1, -0.05) is 140 Å². The van der Waals surface area contributed by atoms with Crippen LogP contribution in [0.2, 0.25) is 0 Å². The van der Waals surface area contributed by atoms with E-state index in [-0.39, 0.29) is 0 Å². The topological polar surface area (TPSA) is 0 Å². The van der Waals surface area contributed by atoms with Crippen LogP contribution in [0.25, 0.3) is 88.0 Å². The Morgan fingerprint density at radius 3 is 1.43 bits per heavy atom. The summed E-state index contributed by atoms with van der Waals surface area (Å²) in [7, 11) is 0. The van der Waals surface area contributed by atoms with Crippen LogP contribution in [0, 0.1) is 0 Å². The summed E-state index contributed by atoms with van der Waals surface area (Å²) in [6, 6.07) is 58.1. The molecular formula is C42H26. The Hall–Kier alpha value is -5.46. The third-order valence-electron chi connectivity index (χ3n) is 9.00. The average molecular weight is 531 g/mol. The van der Waals surface area contributed by atoms with Gasteiger partial charge in [0.05, 0.1) is 0 Å². The van der Waals surface area contributed by atoms with Gasteiger partial charge in [-0.2, -0.15) is 0 Å². The first kappa shape index (κ1) is 23.3. The van der Waals surface area contributed by atoms with Crippen LogP contribution in [0.4, 0.5) is 0 Å². The van der Waals surface area contributed by atoms with Crippen molar-refractivity contribution in [1.82, 2.24) is 0 Å². The van der Waals surface area contributed by atoms with Crippen molar-refractivity contribution in [2.45, 2.75) is 0 Å². The molecule has 0 unspecified atom stereocenters. The zero-order valence-electron chi connectivity index (χ0n) is 23.0. The van der Waals surface area contributed by atoms with Gasteiger partial charge in [-0.05, 0) is 106 Å². The van der Waals surface area contributed by atoms with Crippen molar-refractivity contribution in [3.8, 4) is 55.6 Å². The molecule has 0 amide bonds. The minimum atomic E-state index is 1.23. The molecule has 0 bridgehead atoms. The largest absolute Gasteiger partial charge is 0.0616 e. The van der Waals surface area contributed by atoms with E-state index in [4.69, 9.17) is 0 Å². The van der Waals surface area contributed by atoms with Crippen LogP contribution in [-0.2, 0) is 0 Å². The quantitative estimate of drug-likeness (QED) is 0.213. The van der Waals surface area contributed by atoms with E-state index in [1.165, 1.54) is 88.0 Å². The summed E-state index contributed by atoms with van der Waals surface area (Å²) >= 11 is 0. The van der Waals surface area contributed by atoms with Crippen LogP contribution in [0.1, 0.15) is 0 Å². The minimum absolute atomic E-state index is 1.23. The van der Waals surface area contributed by atoms with Crippen LogP contribution >= 0.6 is 0 Å². The maximum Gasteiger partial charge on any atom is -0.00201 e. The van der Waals surface area contributed by atoms with Gasteiger partial charge in [0.2, 0.25) is 0 Å². The molecule has 8 aromatic carbocycles. The molecule has 0 atom stereocenters. The highest BCUT2D eigenvalue weighted by atomic mass is 14.2. The number of hydrogen-bond donors (Lipinski definition) is 0. The highest BCUT2D eigenvalue weighted by molar-refractivity contribution is 6.18. The number of rotatable bonds is 3. The van der Waals surface area contributed by atoms with Crippen LogP contribution < -0.4 is 0 Å². The Bertz CT molecular complexity index is 2310. The molecule has 0 heteroatoms. The normalized spacial score (nSPS) is 11.8. The molecule has 0 N–H and O–H groups in total. The SMILES string of the molecule is c1ccc2c(c1)-c1cccc3c(-c4ccc5ccc(-c6ccc(-c7ccc8ccccc8c7)cc6)cc5c4)ccc-2c13. The lowest BCUT2D eigenvalue weighted by Crippen LogP contribution is -1.85. The maximum absolute atomic E-state index is 2.36. The maximum atomic E-state index is 2.36. The third-order valence-corrected chi connectivity index (χ3v) is 9.00. The highest BCUT2D eigenvalue weighted by Crippen LogP contribution is 2.49. The molecule has 9 rings (SSSR count). The van der Waals surface area contributed by atoms with E-state index in [9.17, 15) is 0 Å². The van der Waals surface area contributed by atoms with Crippen LogP contribution in [0.3, 0.4) is 0 Å². The van der Waals surface area contributed by atoms with E-state index < -0.39 is 0 Å². The Morgan fingerprint density at radius 1 is 0.238 bits per heavy atom. The van der Waals surface area contributed by atoms with Crippen molar-refractivity contribution in [3.05, 3.63) is 158 Å². The molecule has 0 saturated carbocycles. The van der Waals surface area contributed by atoms with Crippen molar-refractivity contribution >= 4 is 32.3 Å². The third kappa shape index (κ3) is 3.56. The van der Waals surface area contributed by atoms with Crippen molar-refractivity contribution in [3.63, 3.8) is 0 Å². The fourth-order valence-corrected chi connectivity index (χ4v) is 6.88. The lowest BCUT2D eigenvalue weighted by molar-refractivity contribution is 1.61. The fraction of sp³-hybridized carbons (Fsp3) is 0. The van der Waals surface area contributed by atoms with Gasteiger partial charge in [-0.15, -0.1) is 0 Å². The predicted octanol–water partition coefficient (Wildman–Crippen LogP) is 11.8. The predicted molar refractivity (Wildman–Crippen MR) is 180 cm³/mol. The fourth-order valence-electron chi connectivity index (χ4n) is 6.88. The van der Waals surface area contributed by atoms with Gasteiger partial charge in [0, 0.05) is 0 Å². The Morgan fingerprint density at radius 2 is 0.714 bits per heavy atom.